The molecule has 0 radical (unpaired) electrons. The van der Waals surface area contributed by atoms with Gasteiger partial charge in [-0.2, -0.15) is 0 Å². The Kier molecular flexibility index (Phi) is 6.28. The van der Waals surface area contributed by atoms with Gasteiger partial charge in [0.2, 0.25) is 11.8 Å². The van der Waals surface area contributed by atoms with E-state index in [1.807, 2.05) is 0 Å². The Morgan fingerprint density at radius 1 is 0.786 bits per heavy atom. The van der Waals surface area contributed by atoms with Crippen LogP contribution in [0.15, 0.2) is 36.4 Å². The molecule has 0 aromatic heterocycles. The summed E-state index contributed by atoms with van der Waals surface area (Å²) in [5.41, 5.74) is 11.7. The number of phenolic OH excluding ortho intramolecular Hbond substituents is 2. The van der Waals surface area contributed by atoms with Crippen LogP contribution in [-0.4, -0.2) is 36.2 Å². The third kappa shape index (κ3) is 4.61. The van der Waals surface area contributed by atoms with Crippen LogP contribution in [0, 0.1) is 0 Å². The third-order valence-electron chi connectivity index (χ3n) is 3.80. The van der Waals surface area contributed by atoms with Crippen LogP contribution in [0.2, 0.25) is 0 Å². The second-order valence-electron chi connectivity index (χ2n) is 5.71. The lowest BCUT2D eigenvalue weighted by Gasteiger charge is -2.15. The van der Waals surface area contributed by atoms with E-state index in [0.29, 0.717) is 11.1 Å². The zero-order valence-electron chi connectivity index (χ0n) is 15.3. The highest BCUT2D eigenvalue weighted by Gasteiger charge is 2.18. The van der Waals surface area contributed by atoms with Crippen LogP contribution < -0.4 is 20.9 Å². The summed E-state index contributed by atoms with van der Waals surface area (Å²) >= 11 is 0. The number of hydrogen-bond acceptors (Lipinski definition) is 6. The molecule has 146 valence electrons. The third-order valence-corrected chi connectivity index (χ3v) is 3.80. The molecule has 0 saturated carbocycles. The van der Waals surface area contributed by atoms with Crippen molar-refractivity contribution >= 4 is 24.0 Å². The van der Waals surface area contributed by atoms with E-state index in [4.69, 9.17) is 20.9 Å². The maximum absolute atomic E-state index is 11.0. The van der Waals surface area contributed by atoms with Crippen molar-refractivity contribution < 1.29 is 29.3 Å². The largest absolute Gasteiger partial charge is 0.504 e. The van der Waals surface area contributed by atoms with Crippen molar-refractivity contribution in [3.05, 3.63) is 47.5 Å². The molecule has 6 N–H and O–H groups in total. The molecule has 0 unspecified atom stereocenters. The molecule has 0 bridgehead atoms. The molecule has 2 amide bonds. The number of nitrogens with two attached hydrogens (primary N) is 2. The summed E-state index contributed by atoms with van der Waals surface area (Å²) < 4.78 is 10.3. The fourth-order valence-electron chi connectivity index (χ4n) is 2.53. The van der Waals surface area contributed by atoms with Gasteiger partial charge in [-0.05, 0) is 47.5 Å². The number of carbonyl (C=O) groups is 2. The first-order chi connectivity index (χ1) is 13.3. The Hall–Kier alpha value is -3.94. The maximum Gasteiger partial charge on any atom is 0.241 e. The fourth-order valence-corrected chi connectivity index (χ4v) is 2.53. The zero-order valence-corrected chi connectivity index (χ0v) is 15.3. The number of rotatable bonds is 7. The van der Waals surface area contributed by atoms with Gasteiger partial charge in [0.15, 0.2) is 23.0 Å². The van der Waals surface area contributed by atoms with Gasteiger partial charge in [-0.25, -0.2) is 0 Å². The monoisotopic (exact) mass is 384 g/mol. The normalized spacial score (nSPS) is 11.1. The van der Waals surface area contributed by atoms with Crippen molar-refractivity contribution in [2.45, 2.75) is 0 Å². The molecular weight excluding hydrogens is 364 g/mol. The number of ether oxygens (including phenoxy) is 2. The summed E-state index contributed by atoms with van der Waals surface area (Å²) in [6, 6.07) is 6.08. The lowest BCUT2D eigenvalue weighted by atomic mass is 9.97. The zero-order chi connectivity index (χ0) is 20.8. The summed E-state index contributed by atoms with van der Waals surface area (Å²) in [6.07, 6.45) is 5.20. The van der Waals surface area contributed by atoms with Crippen molar-refractivity contribution in [2.75, 3.05) is 14.2 Å². The van der Waals surface area contributed by atoms with Gasteiger partial charge in [-0.3, -0.25) is 9.59 Å². The van der Waals surface area contributed by atoms with Crippen LogP contribution in [-0.2, 0) is 9.59 Å². The Morgan fingerprint density at radius 3 is 1.43 bits per heavy atom. The molecule has 8 nitrogen and oxygen atoms in total. The Labute approximate surface area is 161 Å². The summed E-state index contributed by atoms with van der Waals surface area (Å²) in [6.45, 7) is 0. The molecule has 0 heterocycles. The second kappa shape index (κ2) is 8.63. The van der Waals surface area contributed by atoms with Gasteiger partial charge < -0.3 is 31.2 Å². The number of methoxy groups -OCH3 is 2. The predicted molar refractivity (Wildman–Crippen MR) is 105 cm³/mol. The number of phenols is 2. The van der Waals surface area contributed by atoms with Crippen molar-refractivity contribution in [3.8, 4) is 34.1 Å². The highest BCUT2D eigenvalue weighted by atomic mass is 16.5. The highest BCUT2D eigenvalue weighted by Crippen LogP contribution is 2.45. The standard InChI is InChI=1S/C20H20N2O6/c1-27-15-9-11(3-5-17(21)23)7-13(19(15)25)14-8-12(4-6-18(22)24)10-16(28-2)20(14)26/h3-10,25-26H,1-2H3,(H2,21,23)(H2,22,24)/b5-3+,6-4+. The quantitative estimate of drug-likeness (QED) is 0.535. The number of carbonyl (C=O) groups excluding carboxylic acids is 2. The van der Waals surface area contributed by atoms with Crippen molar-refractivity contribution in [1.29, 1.82) is 0 Å². The Bertz CT molecular complexity index is 900. The van der Waals surface area contributed by atoms with E-state index in [0.717, 1.165) is 12.2 Å². The molecule has 0 fully saturated rings. The maximum atomic E-state index is 11.0. The van der Waals surface area contributed by atoms with Crippen LogP contribution in [0.5, 0.6) is 23.0 Å². The van der Waals surface area contributed by atoms with E-state index in [1.54, 1.807) is 0 Å². The van der Waals surface area contributed by atoms with Crippen LogP contribution in [0.1, 0.15) is 11.1 Å². The molecule has 0 aliphatic rings. The van der Waals surface area contributed by atoms with Gasteiger partial charge in [0, 0.05) is 23.3 Å². The van der Waals surface area contributed by atoms with E-state index in [9.17, 15) is 19.8 Å². The molecule has 8 heteroatoms. The smallest absolute Gasteiger partial charge is 0.241 e. The van der Waals surface area contributed by atoms with Gasteiger partial charge in [-0.1, -0.05) is 0 Å². The Morgan fingerprint density at radius 2 is 1.14 bits per heavy atom. The number of hydrogen-bond donors (Lipinski definition) is 4. The molecule has 0 aliphatic heterocycles. The van der Waals surface area contributed by atoms with Crippen LogP contribution in [0.4, 0.5) is 0 Å². The van der Waals surface area contributed by atoms with Gasteiger partial charge in [0.25, 0.3) is 0 Å². The Balaban J connectivity index is 2.74. The van der Waals surface area contributed by atoms with Crippen molar-refractivity contribution in [3.63, 3.8) is 0 Å². The van der Waals surface area contributed by atoms with Crippen molar-refractivity contribution in [2.24, 2.45) is 11.5 Å². The van der Waals surface area contributed by atoms with E-state index in [1.165, 1.54) is 50.6 Å². The average Bonchev–Trinajstić information content (AvgIpc) is 2.66. The van der Waals surface area contributed by atoms with Gasteiger partial charge >= 0.3 is 0 Å². The van der Waals surface area contributed by atoms with Crippen LogP contribution in [0.3, 0.4) is 0 Å². The van der Waals surface area contributed by atoms with Gasteiger partial charge in [0.1, 0.15) is 0 Å². The minimum absolute atomic E-state index is 0.123. The molecule has 2 aromatic rings. The molecule has 0 aliphatic carbocycles. The van der Waals surface area contributed by atoms with Crippen LogP contribution in [0.25, 0.3) is 23.3 Å². The lowest BCUT2D eigenvalue weighted by Crippen LogP contribution is -2.05. The summed E-state index contributed by atoms with van der Waals surface area (Å²) in [5.74, 6) is -1.50. The van der Waals surface area contributed by atoms with Crippen molar-refractivity contribution in [1.82, 2.24) is 0 Å². The molecule has 0 atom stereocenters. The van der Waals surface area contributed by atoms with Gasteiger partial charge in [-0.15, -0.1) is 0 Å². The second-order valence-corrected chi connectivity index (χ2v) is 5.71. The average molecular weight is 384 g/mol. The first-order valence-electron chi connectivity index (χ1n) is 8.04. The van der Waals surface area contributed by atoms with Crippen LogP contribution >= 0.6 is 0 Å². The van der Waals surface area contributed by atoms with E-state index < -0.39 is 11.8 Å². The topological polar surface area (TPSA) is 145 Å². The molecule has 28 heavy (non-hydrogen) atoms. The molecule has 0 spiro atoms. The summed E-state index contributed by atoms with van der Waals surface area (Å²) in [5, 5.41) is 21.1. The van der Waals surface area contributed by atoms with E-state index in [-0.39, 0.29) is 34.1 Å². The fraction of sp³-hybridized carbons (Fsp3) is 0.100. The highest BCUT2D eigenvalue weighted by molar-refractivity contribution is 5.92. The minimum Gasteiger partial charge on any atom is -0.504 e. The van der Waals surface area contributed by atoms with Gasteiger partial charge in [0.05, 0.1) is 14.2 Å². The first-order valence-corrected chi connectivity index (χ1v) is 8.04. The SMILES string of the molecule is COc1cc(/C=C/C(N)=O)cc(-c2cc(/C=C/C(N)=O)cc(OC)c2O)c1O. The predicted octanol–water partition coefficient (Wildman–Crippen LogP) is 1.78. The summed E-state index contributed by atoms with van der Waals surface area (Å²) in [7, 11) is 2.74. The summed E-state index contributed by atoms with van der Waals surface area (Å²) in [4.78, 5) is 22.0. The van der Waals surface area contributed by atoms with E-state index in [2.05, 4.69) is 0 Å². The molecule has 0 saturated heterocycles. The molecular formula is C20H20N2O6. The number of aromatic hydroxyl groups is 2. The van der Waals surface area contributed by atoms with E-state index >= 15 is 0 Å². The molecule has 2 rings (SSSR count). The number of primary amides is 2. The number of amides is 2. The first kappa shape index (κ1) is 20.4. The lowest BCUT2D eigenvalue weighted by molar-refractivity contribution is -0.114. The minimum atomic E-state index is -0.642. The molecule has 2 aromatic carbocycles. The number of benzene rings is 2.